The van der Waals surface area contributed by atoms with Gasteiger partial charge in [-0.3, -0.25) is 4.79 Å². The summed E-state index contributed by atoms with van der Waals surface area (Å²) in [6.07, 6.45) is 2.85. The van der Waals surface area contributed by atoms with Crippen molar-refractivity contribution < 1.29 is 19.4 Å². The number of carbonyl (C=O) groups excluding carboxylic acids is 1. The molecular formula is C22H25NO4. The molecule has 0 spiro atoms. The number of amides is 1. The third kappa shape index (κ3) is 5.41. The molecule has 1 amide bonds. The van der Waals surface area contributed by atoms with E-state index in [4.69, 9.17) is 4.74 Å². The molecule has 1 aliphatic rings. The average Bonchev–Trinajstić information content (AvgIpc) is 2.69. The lowest BCUT2D eigenvalue weighted by Gasteiger charge is -2.32. The fourth-order valence-electron chi connectivity index (χ4n) is 3.42. The first-order valence-electron chi connectivity index (χ1n) is 9.38. The topological polar surface area (TPSA) is 66.8 Å². The van der Waals surface area contributed by atoms with Crippen molar-refractivity contribution in [3.8, 4) is 0 Å². The van der Waals surface area contributed by atoms with Crippen molar-refractivity contribution in [3.05, 3.63) is 71.3 Å². The Kier molecular flexibility index (Phi) is 6.60. The largest absolute Gasteiger partial charge is 0.478 e. The van der Waals surface area contributed by atoms with E-state index in [1.54, 1.807) is 18.2 Å². The van der Waals surface area contributed by atoms with E-state index in [0.29, 0.717) is 25.3 Å². The molecule has 2 aromatic carbocycles. The number of hydrogen-bond donors (Lipinski definition) is 1. The number of carboxylic acids is 1. The van der Waals surface area contributed by atoms with E-state index >= 15 is 0 Å². The first-order chi connectivity index (χ1) is 13.1. The van der Waals surface area contributed by atoms with E-state index in [9.17, 15) is 14.7 Å². The minimum absolute atomic E-state index is 0.0218. The van der Waals surface area contributed by atoms with Crippen LogP contribution in [0.3, 0.4) is 0 Å². The molecule has 2 aromatic rings. The van der Waals surface area contributed by atoms with E-state index in [-0.39, 0.29) is 24.0 Å². The summed E-state index contributed by atoms with van der Waals surface area (Å²) in [5, 5.41) is 9.25. The van der Waals surface area contributed by atoms with Crippen LogP contribution >= 0.6 is 0 Å². The smallest absolute Gasteiger partial charge is 0.335 e. The van der Waals surface area contributed by atoms with E-state index in [1.807, 2.05) is 23.1 Å². The van der Waals surface area contributed by atoms with Gasteiger partial charge < -0.3 is 14.7 Å². The van der Waals surface area contributed by atoms with Crippen LogP contribution < -0.4 is 0 Å². The van der Waals surface area contributed by atoms with Crippen LogP contribution in [0.4, 0.5) is 0 Å². The fraction of sp³-hybridized carbons (Fsp3) is 0.364. The summed E-state index contributed by atoms with van der Waals surface area (Å²) in [4.78, 5) is 25.6. The Morgan fingerprint density at radius 2 is 1.67 bits per heavy atom. The molecule has 1 heterocycles. The van der Waals surface area contributed by atoms with Gasteiger partial charge in [0.1, 0.15) is 0 Å². The van der Waals surface area contributed by atoms with Gasteiger partial charge in [-0.2, -0.15) is 0 Å². The van der Waals surface area contributed by atoms with Gasteiger partial charge in [-0.1, -0.05) is 48.5 Å². The van der Waals surface area contributed by atoms with Crippen LogP contribution in [-0.4, -0.2) is 47.7 Å². The first-order valence-corrected chi connectivity index (χ1v) is 9.38. The predicted molar refractivity (Wildman–Crippen MR) is 103 cm³/mol. The van der Waals surface area contributed by atoms with Gasteiger partial charge >= 0.3 is 5.97 Å². The van der Waals surface area contributed by atoms with Crippen LogP contribution in [0, 0.1) is 0 Å². The lowest BCUT2D eigenvalue weighted by molar-refractivity contribution is -0.133. The third-order valence-electron chi connectivity index (χ3n) is 4.97. The molecule has 0 unspecified atom stereocenters. The Morgan fingerprint density at radius 1 is 1.00 bits per heavy atom. The molecule has 0 radical (unpaired) electrons. The monoisotopic (exact) mass is 367 g/mol. The lowest BCUT2D eigenvalue weighted by Crippen LogP contribution is -2.41. The van der Waals surface area contributed by atoms with Crippen molar-refractivity contribution in [2.24, 2.45) is 0 Å². The van der Waals surface area contributed by atoms with Crippen molar-refractivity contribution in [1.82, 2.24) is 4.90 Å². The van der Waals surface area contributed by atoms with Crippen molar-refractivity contribution in [2.75, 3.05) is 19.7 Å². The third-order valence-corrected chi connectivity index (χ3v) is 4.97. The Hall–Kier alpha value is -2.66. The number of hydrogen-bond acceptors (Lipinski definition) is 3. The molecule has 5 nitrogen and oxygen atoms in total. The number of carbonyl (C=O) groups is 2. The fourth-order valence-corrected chi connectivity index (χ4v) is 3.42. The van der Waals surface area contributed by atoms with E-state index in [2.05, 4.69) is 12.1 Å². The van der Waals surface area contributed by atoms with E-state index in [1.165, 1.54) is 11.6 Å². The Bertz CT molecular complexity index is 767. The highest BCUT2D eigenvalue weighted by molar-refractivity contribution is 5.91. The van der Waals surface area contributed by atoms with Crippen molar-refractivity contribution in [3.63, 3.8) is 0 Å². The summed E-state index contributed by atoms with van der Waals surface area (Å²) in [5.41, 5.74) is 2.03. The van der Waals surface area contributed by atoms with Gasteiger partial charge in [0.2, 0.25) is 5.91 Å². The molecule has 0 atom stereocenters. The number of carboxylic acid groups (broad SMARTS) is 1. The van der Waals surface area contributed by atoms with Crippen LogP contribution in [0.5, 0.6) is 0 Å². The summed E-state index contributed by atoms with van der Waals surface area (Å²) in [7, 11) is 0. The van der Waals surface area contributed by atoms with Gasteiger partial charge in [-0.15, -0.1) is 0 Å². The maximum atomic E-state index is 12.5. The molecule has 27 heavy (non-hydrogen) atoms. The highest BCUT2D eigenvalue weighted by atomic mass is 16.5. The molecule has 0 bridgehead atoms. The molecule has 1 N–H and O–H groups in total. The number of piperidine rings is 1. The Labute approximate surface area is 159 Å². The van der Waals surface area contributed by atoms with Gasteiger partial charge in [-0.25, -0.2) is 4.79 Å². The summed E-state index contributed by atoms with van der Waals surface area (Å²) >= 11 is 0. The maximum absolute atomic E-state index is 12.5. The number of likely N-dealkylation sites (tertiary alicyclic amines) is 1. The summed E-state index contributed by atoms with van der Waals surface area (Å²) in [5.74, 6) is -1.02. The van der Waals surface area contributed by atoms with Crippen LogP contribution in [0.2, 0.25) is 0 Å². The van der Waals surface area contributed by atoms with Crippen molar-refractivity contribution in [1.29, 1.82) is 0 Å². The van der Waals surface area contributed by atoms with Crippen molar-refractivity contribution >= 4 is 11.9 Å². The lowest BCUT2D eigenvalue weighted by atomic mass is 10.0. The maximum Gasteiger partial charge on any atom is 0.335 e. The number of benzene rings is 2. The van der Waals surface area contributed by atoms with Gasteiger partial charge in [0, 0.05) is 13.1 Å². The van der Waals surface area contributed by atoms with E-state index in [0.717, 1.165) is 19.3 Å². The van der Waals surface area contributed by atoms with Crippen LogP contribution in [0.15, 0.2) is 54.6 Å². The highest BCUT2D eigenvalue weighted by Gasteiger charge is 2.24. The molecule has 1 fully saturated rings. The van der Waals surface area contributed by atoms with Crippen LogP contribution in [-0.2, 0) is 22.4 Å². The van der Waals surface area contributed by atoms with Crippen LogP contribution in [0.1, 0.15) is 34.3 Å². The van der Waals surface area contributed by atoms with Gasteiger partial charge in [0.15, 0.2) is 0 Å². The molecule has 0 aromatic heterocycles. The second-order valence-corrected chi connectivity index (χ2v) is 6.83. The van der Waals surface area contributed by atoms with Gasteiger partial charge in [0.25, 0.3) is 0 Å². The molecule has 5 heteroatoms. The molecule has 0 saturated carbocycles. The highest BCUT2D eigenvalue weighted by Crippen LogP contribution is 2.17. The zero-order valence-electron chi connectivity index (χ0n) is 15.3. The summed E-state index contributed by atoms with van der Waals surface area (Å²) in [6.45, 7) is 2.00. The SMILES string of the molecule is O=C(O)c1ccccc1CC(=O)N1CCC(OCCc2ccccc2)CC1. The normalized spacial score (nSPS) is 14.9. The molecule has 142 valence electrons. The Morgan fingerprint density at radius 3 is 2.37 bits per heavy atom. The number of aromatic carboxylic acids is 1. The second-order valence-electron chi connectivity index (χ2n) is 6.83. The average molecular weight is 367 g/mol. The zero-order valence-corrected chi connectivity index (χ0v) is 15.3. The molecule has 1 saturated heterocycles. The molecule has 3 rings (SSSR count). The minimum atomic E-state index is -0.996. The van der Waals surface area contributed by atoms with Gasteiger partial charge in [0.05, 0.1) is 24.7 Å². The minimum Gasteiger partial charge on any atom is -0.478 e. The standard InChI is InChI=1S/C22H25NO4/c24-21(16-18-8-4-5-9-20(18)22(25)26)23-13-10-19(11-14-23)27-15-12-17-6-2-1-3-7-17/h1-9,19H,10-16H2,(H,25,26). The van der Waals surface area contributed by atoms with Gasteiger partial charge in [-0.05, 0) is 36.5 Å². The van der Waals surface area contributed by atoms with E-state index < -0.39 is 5.97 Å². The zero-order chi connectivity index (χ0) is 19.1. The second kappa shape index (κ2) is 9.33. The van der Waals surface area contributed by atoms with Crippen LogP contribution in [0.25, 0.3) is 0 Å². The number of nitrogens with zero attached hydrogens (tertiary/aromatic N) is 1. The Balaban J connectivity index is 1.43. The molecule has 1 aliphatic heterocycles. The molecular weight excluding hydrogens is 342 g/mol. The number of rotatable bonds is 7. The number of ether oxygens (including phenoxy) is 1. The predicted octanol–water partition coefficient (Wildman–Crippen LogP) is 3.18. The first kappa shape index (κ1) is 19.1. The quantitative estimate of drug-likeness (QED) is 0.816. The summed E-state index contributed by atoms with van der Waals surface area (Å²) in [6, 6.07) is 16.9. The molecule has 0 aliphatic carbocycles. The summed E-state index contributed by atoms with van der Waals surface area (Å²) < 4.78 is 5.97. The van der Waals surface area contributed by atoms with Crippen molar-refractivity contribution in [2.45, 2.75) is 31.8 Å².